The summed E-state index contributed by atoms with van der Waals surface area (Å²) in [5.74, 6) is -0.0365. The molecule has 108 valence electrons. The molecule has 0 spiro atoms. The van der Waals surface area contributed by atoms with Crippen LogP contribution in [-0.4, -0.2) is 35.8 Å². The minimum Gasteiger partial charge on any atom is -0.433 e. The lowest BCUT2D eigenvalue weighted by atomic mass is 10.1. The van der Waals surface area contributed by atoms with Crippen LogP contribution in [-0.2, 0) is 6.54 Å². The molecule has 1 aromatic rings. The van der Waals surface area contributed by atoms with Crippen molar-refractivity contribution in [3.63, 3.8) is 0 Å². The Morgan fingerprint density at radius 2 is 2.05 bits per heavy atom. The second-order valence-corrected chi connectivity index (χ2v) is 5.54. The largest absolute Gasteiger partial charge is 0.433 e. The number of rotatable bonds is 6. The van der Waals surface area contributed by atoms with E-state index in [-0.39, 0.29) is 10.8 Å². The zero-order chi connectivity index (χ0) is 14.6. The molecule has 1 rings (SSSR count). The first kappa shape index (κ1) is 16.1. The third-order valence-corrected chi connectivity index (χ3v) is 2.62. The van der Waals surface area contributed by atoms with E-state index in [9.17, 15) is 13.9 Å². The van der Waals surface area contributed by atoms with Crippen LogP contribution in [0, 0.1) is 0 Å². The predicted molar refractivity (Wildman–Crippen MR) is 70.7 cm³/mol. The lowest BCUT2D eigenvalue weighted by Gasteiger charge is -2.25. The highest BCUT2D eigenvalue weighted by Gasteiger charge is 2.16. The first-order valence-electron chi connectivity index (χ1n) is 5.81. The van der Waals surface area contributed by atoms with Crippen LogP contribution in [0.15, 0.2) is 18.2 Å². The SMILES string of the molecule is CN(Cc1ccc(OC(F)F)c(Cl)c1)CC(C)(C)O. The summed E-state index contributed by atoms with van der Waals surface area (Å²) < 4.78 is 28.4. The van der Waals surface area contributed by atoms with Gasteiger partial charge in [-0.05, 0) is 38.6 Å². The molecule has 6 heteroatoms. The summed E-state index contributed by atoms with van der Waals surface area (Å²) in [6, 6.07) is 4.67. The fourth-order valence-electron chi connectivity index (χ4n) is 1.86. The molecule has 0 amide bonds. The van der Waals surface area contributed by atoms with E-state index in [1.165, 1.54) is 6.07 Å². The van der Waals surface area contributed by atoms with E-state index in [1.54, 1.807) is 26.0 Å². The molecule has 0 aliphatic heterocycles. The normalized spacial score (nSPS) is 12.3. The fraction of sp³-hybridized carbons (Fsp3) is 0.538. The van der Waals surface area contributed by atoms with Gasteiger partial charge in [-0.3, -0.25) is 4.90 Å². The molecule has 0 aliphatic carbocycles. The predicted octanol–water partition coefficient (Wildman–Crippen LogP) is 3.14. The van der Waals surface area contributed by atoms with Gasteiger partial charge in [0.1, 0.15) is 5.75 Å². The molecule has 1 aromatic carbocycles. The van der Waals surface area contributed by atoms with Crippen LogP contribution in [0.5, 0.6) is 5.75 Å². The summed E-state index contributed by atoms with van der Waals surface area (Å²) in [5, 5.41) is 9.84. The van der Waals surface area contributed by atoms with Crippen molar-refractivity contribution in [2.24, 2.45) is 0 Å². The van der Waals surface area contributed by atoms with E-state index in [1.807, 2.05) is 11.9 Å². The van der Waals surface area contributed by atoms with Gasteiger partial charge in [-0.2, -0.15) is 8.78 Å². The quantitative estimate of drug-likeness (QED) is 0.874. The van der Waals surface area contributed by atoms with Gasteiger partial charge in [0.25, 0.3) is 0 Å². The fourth-order valence-corrected chi connectivity index (χ4v) is 2.11. The van der Waals surface area contributed by atoms with Crippen molar-refractivity contribution < 1.29 is 18.6 Å². The van der Waals surface area contributed by atoms with E-state index in [0.717, 1.165) is 5.56 Å². The van der Waals surface area contributed by atoms with Crippen LogP contribution in [0.25, 0.3) is 0 Å². The molecule has 19 heavy (non-hydrogen) atoms. The Kier molecular flexibility index (Phi) is 5.52. The van der Waals surface area contributed by atoms with Crippen LogP contribution >= 0.6 is 11.6 Å². The molecule has 0 aromatic heterocycles. The molecule has 0 saturated heterocycles. The maximum atomic E-state index is 12.1. The highest BCUT2D eigenvalue weighted by molar-refractivity contribution is 6.32. The molecule has 3 nitrogen and oxygen atoms in total. The lowest BCUT2D eigenvalue weighted by Crippen LogP contribution is -2.35. The summed E-state index contributed by atoms with van der Waals surface area (Å²) in [6.07, 6.45) is 0. The molecule has 0 atom stereocenters. The third kappa shape index (κ3) is 6.18. The average molecular weight is 294 g/mol. The summed E-state index contributed by atoms with van der Waals surface area (Å²) >= 11 is 5.86. The van der Waals surface area contributed by atoms with Crippen LogP contribution in [0.1, 0.15) is 19.4 Å². The number of aliphatic hydroxyl groups is 1. The number of hydrogen-bond acceptors (Lipinski definition) is 3. The number of ether oxygens (including phenoxy) is 1. The molecular formula is C13H18ClF2NO2. The molecule has 0 radical (unpaired) electrons. The van der Waals surface area contributed by atoms with Crippen molar-refractivity contribution in [1.29, 1.82) is 0 Å². The summed E-state index contributed by atoms with van der Waals surface area (Å²) in [5.41, 5.74) is 0.0652. The van der Waals surface area contributed by atoms with Gasteiger partial charge in [0, 0.05) is 13.1 Å². The van der Waals surface area contributed by atoms with Gasteiger partial charge in [-0.1, -0.05) is 17.7 Å². The van der Waals surface area contributed by atoms with Crippen molar-refractivity contribution >= 4 is 11.6 Å². The van der Waals surface area contributed by atoms with E-state index in [4.69, 9.17) is 11.6 Å². The number of halogens is 3. The number of benzene rings is 1. The van der Waals surface area contributed by atoms with Gasteiger partial charge < -0.3 is 9.84 Å². The Bertz CT molecular complexity index is 422. The summed E-state index contributed by atoms with van der Waals surface area (Å²) in [6.45, 7) is 1.59. The number of hydrogen-bond donors (Lipinski definition) is 1. The topological polar surface area (TPSA) is 32.7 Å². The zero-order valence-electron chi connectivity index (χ0n) is 11.2. The van der Waals surface area contributed by atoms with Crippen LogP contribution < -0.4 is 4.74 Å². The average Bonchev–Trinajstić information content (AvgIpc) is 2.18. The monoisotopic (exact) mass is 293 g/mol. The first-order valence-corrected chi connectivity index (χ1v) is 6.19. The molecule has 0 saturated carbocycles. The van der Waals surface area contributed by atoms with Crippen molar-refractivity contribution in [3.8, 4) is 5.75 Å². The lowest BCUT2D eigenvalue weighted by molar-refractivity contribution is -0.0498. The van der Waals surface area contributed by atoms with Gasteiger partial charge in [0.15, 0.2) is 0 Å². The van der Waals surface area contributed by atoms with Crippen LogP contribution in [0.4, 0.5) is 8.78 Å². The minimum atomic E-state index is -2.89. The molecule has 0 bridgehead atoms. The Balaban J connectivity index is 2.68. The molecule has 0 heterocycles. The highest BCUT2D eigenvalue weighted by Crippen LogP contribution is 2.27. The maximum Gasteiger partial charge on any atom is 0.387 e. The zero-order valence-corrected chi connectivity index (χ0v) is 11.9. The standard InChI is InChI=1S/C13H18ClF2NO2/c1-13(2,18)8-17(3)7-9-4-5-11(10(14)6-9)19-12(15)16/h4-6,12,18H,7-8H2,1-3H3. The van der Waals surface area contributed by atoms with Gasteiger partial charge in [0.05, 0.1) is 10.6 Å². The van der Waals surface area contributed by atoms with Crippen molar-refractivity contribution in [3.05, 3.63) is 28.8 Å². The van der Waals surface area contributed by atoms with Crippen molar-refractivity contribution in [1.82, 2.24) is 4.90 Å². The Morgan fingerprint density at radius 3 is 2.53 bits per heavy atom. The van der Waals surface area contributed by atoms with Crippen molar-refractivity contribution in [2.75, 3.05) is 13.6 Å². The Labute approximate surface area is 116 Å². The molecule has 0 unspecified atom stereocenters. The molecular weight excluding hydrogens is 276 g/mol. The van der Waals surface area contributed by atoms with Crippen LogP contribution in [0.2, 0.25) is 5.02 Å². The van der Waals surface area contributed by atoms with Crippen LogP contribution in [0.3, 0.4) is 0 Å². The van der Waals surface area contributed by atoms with Gasteiger partial charge in [-0.15, -0.1) is 0 Å². The highest BCUT2D eigenvalue weighted by atomic mass is 35.5. The Hall–Kier alpha value is -0.910. The second-order valence-electron chi connectivity index (χ2n) is 5.13. The smallest absolute Gasteiger partial charge is 0.387 e. The Morgan fingerprint density at radius 1 is 1.42 bits per heavy atom. The number of nitrogens with zero attached hydrogens (tertiary/aromatic N) is 1. The first-order chi connectivity index (χ1) is 8.67. The van der Waals surface area contributed by atoms with Gasteiger partial charge in [0.2, 0.25) is 0 Å². The van der Waals surface area contributed by atoms with E-state index in [2.05, 4.69) is 4.74 Å². The summed E-state index contributed by atoms with van der Waals surface area (Å²) in [4.78, 5) is 1.92. The van der Waals surface area contributed by atoms with E-state index in [0.29, 0.717) is 13.1 Å². The van der Waals surface area contributed by atoms with E-state index >= 15 is 0 Å². The van der Waals surface area contributed by atoms with Crippen molar-refractivity contribution in [2.45, 2.75) is 32.6 Å². The number of alkyl halides is 2. The third-order valence-electron chi connectivity index (χ3n) is 2.32. The summed E-state index contributed by atoms with van der Waals surface area (Å²) in [7, 11) is 1.86. The minimum absolute atomic E-state index is 0.0365. The molecule has 1 N–H and O–H groups in total. The second kappa shape index (κ2) is 6.50. The molecule has 0 aliphatic rings. The van der Waals surface area contributed by atoms with Gasteiger partial charge in [-0.25, -0.2) is 0 Å². The van der Waals surface area contributed by atoms with Gasteiger partial charge >= 0.3 is 6.61 Å². The number of likely N-dealkylation sites (N-methyl/N-ethyl adjacent to an activating group) is 1. The molecule has 0 fully saturated rings. The van der Waals surface area contributed by atoms with E-state index < -0.39 is 12.2 Å². The maximum absolute atomic E-state index is 12.1.